The Kier molecular flexibility index (Phi) is 3.75. The lowest BCUT2D eigenvalue weighted by molar-refractivity contribution is -0.385. The van der Waals surface area contributed by atoms with Crippen LogP contribution >= 0.6 is 11.3 Å². The third-order valence-corrected chi connectivity index (χ3v) is 3.41. The number of aryl methyl sites for hydroxylation is 2. The zero-order chi connectivity index (χ0) is 14.9. The highest BCUT2D eigenvalue weighted by Crippen LogP contribution is 2.23. The number of nitro groups is 1. The summed E-state index contributed by atoms with van der Waals surface area (Å²) in [6.07, 6.45) is 0. The number of nitro benzene ring substituents is 1. The normalized spacial score (nSPS) is 10.3. The van der Waals surface area contributed by atoms with Crippen molar-refractivity contribution in [3.63, 3.8) is 0 Å². The van der Waals surface area contributed by atoms with Crippen molar-refractivity contribution in [3.8, 4) is 0 Å². The summed E-state index contributed by atoms with van der Waals surface area (Å²) in [7, 11) is 0. The number of halogens is 1. The van der Waals surface area contributed by atoms with Crippen LogP contribution < -0.4 is 5.32 Å². The summed E-state index contributed by atoms with van der Waals surface area (Å²) < 4.78 is 13.9. The molecule has 1 N–H and O–H groups in total. The van der Waals surface area contributed by atoms with Crippen molar-refractivity contribution >= 4 is 28.1 Å². The Labute approximate surface area is 117 Å². The number of thiazole rings is 1. The summed E-state index contributed by atoms with van der Waals surface area (Å²) in [4.78, 5) is 26.1. The Bertz CT molecular complexity index is 699. The molecule has 0 saturated heterocycles. The quantitative estimate of drug-likeness (QED) is 0.696. The predicted molar refractivity (Wildman–Crippen MR) is 72.6 cm³/mol. The maximum Gasteiger partial charge on any atom is 0.270 e. The summed E-state index contributed by atoms with van der Waals surface area (Å²) in [6, 6.07) is 2.00. The van der Waals surface area contributed by atoms with Gasteiger partial charge in [-0.1, -0.05) is 0 Å². The molecule has 20 heavy (non-hydrogen) atoms. The van der Waals surface area contributed by atoms with Crippen LogP contribution in [0.5, 0.6) is 0 Å². The van der Waals surface area contributed by atoms with Crippen LogP contribution in [0, 0.1) is 29.8 Å². The fourth-order valence-corrected chi connectivity index (χ4v) is 2.28. The number of carbonyl (C=O) groups excluding carboxylic acids is 1. The monoisotopic (exact) mass is 295 g/mol. The number of non-ortho nitro benzene ring substituents is 1. The van der Waals surface area contributed by atoms with Crippen molar-refractivity contribution in [2.75, 3.05) is 5.32 Å². The van der Waals surface area contributed by atoms with Crippen LogP contribution in [0.4, 0.5) is 15.2 Å². The van der Waals surface area contributed by atoms with Gasteiger partial charge in [0, 0.05) is 17.5 Å². The van der Waals surface area contributed by atoms with E-state index in [1.807, 2.05) is 0 Å². The SMILES string of the molecule is Cc1csc(NC(=O)c2cc([N+](=O)[O-])cc(C)c2F)n1. The Hall–Kier alpha value is -2.35. The van der Waals surface area contributed by atoms with E-state index in [9.17, 15) is 19.3 Å². The van der Waals surface area contributed by atoms with E-state index >= 15 is 0 Å². The van der Waals surface area contributed by atoms with Gasteiger partial charge < -0.3 is 0 Å². The molecule has 0 saturated carbocycles. The summed E-state index contributed by atoms with van der Waals surface area (Å²) in [5.74, 6) is -1.54. The first kappa shape index (κ1) is 14.1. The number of benzene rings is 1. The van der Waals surface area contributed by atoms with Gasteiger partial charge in [-0.05, 0) is 19.4 Å². The number of rotatable bonds is 3. The molecule has 0 fully saturated rings. The first-order valence-electron chi connectivity index (χ1n) is 5.56. The Balaban J connectivity index is 2.36. The van der Waals surface area contributed by atoms with E-state index in [1.54, 1.807) is 12.3 Å². The van der Waals surface area contributed by atoms with Crippen LogP contribution in [0.3, 0.4) is 0 Å². The molecule has 0 aliphatic rings. The molecule has 1 aromatic carbocycles. The fourth-order valence-electron chi connectivity index (χ4n) is 1.60. The standard InChI is InChI=1S/C12H10FN3O3S/c1-6-3-8(16(18)19)4-9(10(6)13)11(17)15-12-14-7(2)5-20-12/h3-5H,1-2H3,(H,14,15,17). The number of hydrogen-bond acceptors (Lipinski definition) is 5. The molecule has 0 radical (unpaired) electrons. The average molecular weight is 295 g/mol. The van der Waals surface area contributed by atoms with Crippen molar-refractivity contribution in [1.82, 2.24) is 4.98 Å². The molecule has 8 heteroatoms. The van der Waals surface area contributed by atoms with E-state index in [0.29, 0.717) is 5.13 Å². The first-order valence-corrected chi connectivity index (χ1v) is 6.44. The van der Waals surface area contributed by atoms with Gasteiger partial charge >= 0.3 is 0 Å². The average Bonchev–Trinajstić information content (AvgIpc) is 2.77. The molecular formula is C12H10FN3O3S. The molecule has 104 valence electrons. The predicted octanol–water partition coefficient (Wildman–Crippen LogP) is 3.06. The molecular weight excluding hydrogens is 285 g/mol. The van der Waals surface area contributed by atoms with Crippen LogP contribution in [0.25, 0.3) is 0 Å². The minimum absolute atomic E-state index is 0.0414. The van der Waals surface area contributed by atoms with Gasteiger partial charge in [-0.3, -0.25) is 20.2 Å². The van der Waals surface area contributed by atoms with Gasteiger partial charge in [-0.25, -0.2) is 9.37 Å². The maximum absolute atomic E-state index is 13.9. The molecule has 6 nitrogen and oxygen atoms in total. The van der Waals surface area contributed by atoms with Gasteiger partial charge in [0.2, 0.25) is 0 Å². The van der Waals surface area contributed by atoms with Crippen LogP contribution in [0.1, 0.15) is 21.6 Å². The number of hydrogen-bond donors (Lipinski definition) is 1. The highest BCUT2D eigenvalue weighted by molar-refractivity contribution is 7.13. The molecule has 1 aromatic heterocycles. The molecule has 0 aliphatic heterocycles. The maximum atomic E-state index is 13.9. The second kappa shape index (κ2) is 5.33. The van der Waals surface area contributed by atoms with Crippen molar-refractivity contribution in [2.24, 2.45) is 0 Å². The fraction of sp³-hybridized carbons (Fsp3) is 0.167. The van der Waals surface area contributed by atoms with Crippen molar-refractivity contribution in [3.05, 3.63) is 50.3 Å². The molecule has 2 aromatic rings. The smallest absolute Gasteiger partial charge is 0.270 e. The van der Waals surface area contributed by atoms with E-state index in [-0.39, 0.29) is 16.8 Å². The number of carbonyl (C=O) groups is 1. The van der Waals surface area contributed by atoms with E-state index in [1.165, 1.54) is 18.3 Å². The first-order chi connectivity index (χ1) is 9.38. The minimum Gasteiger partial charge on any atom is -0.298 e. The lowest BCUT2D eigenvalue weighted by Gasteiger charge is -2.05. The van der Waals surface area contributed by atoms with Crippen molar-refractivity contribution in [1.29, 1.82) is 0 Å². The molecule has 1 amide bonds. The Morgan fingerprint density at radius 3 is 2.70 bits per heavy atom. The Morgan fingerprint density at radius 2 is 2.15 bits per heavy atom. The number of aromatic nitrogens is 1. The van der Waals surface area contributed by atoms with Crippen LogP contribution in [0.2, 0.25) is 0 Å². The van der Waals surface area contributed by atoms with Gasteiger partial charge in [-0.2, -0.15) is 0 Å². The van der Waals surface area contributed by atoms with Crippen LogP contribution in [-0.2, 0) is 0 Å². The summed E-state index contributed by atoms with van der Waals surface area (Å²) in [5, 5.41) is 15.2. The van der Waals surface area contributed by atoms with E-state index in [4.69, 9.17) is 0 Å². The summed E-state index contributed by atoms with van der Waals surface area (Å²) >= 11 is 1.19. The molecule has 2 rings (SSSR count). The van der Waals surface area contributed by atoms with Gasteiger partial charge in [0.25, 0.3) is 11.6 Å². The summed E-state index contributed by atoms with van der Waals surface area (Å²) in [5.41, 5.74) is 0.0644. The molecule has 0 atom stereocenters. The molecule has 0 spiro atoms. The number of amides is 1. The minimum atomic E-state index is -0.777. The van der Waals surface area contributed by atoms with Gasteiger partial charge in [0.15, 0.2) is 5.13 Å². The number of nitrogens with zero attached hydrogens (tertiary/aromatic N) is 2. The van der Waals surface area contributed by atoms with Crippen LogP contribution in [-0.4, -0.2) is 15.8 Å². The largest absolute Gasteiger partial charge is 0.298 e. The van der Waals surface area contributed by atoms with Crippen LogP contribution in [0.15, 0.2) is 17.5 Å². The van der Waals surface area contributed by atoms with Crippen molar-refractivity contribution < 1.29 is 14.1 Å². The number of anilines is 1. The zero-order valence-corrected chi connectivity index (χ0v) is 11.5. The van der Waals surface area contributed by atoms with Gasteiger partial charge in [-0.15, -0.1) is 11.3 Å². The van der Waals surface area contributed by atoms with E-state index < -0.39 is 16.6 Å². The molecule has 1 heterocycles. The lowest BCUT2D eigenvalue weighted by Crippen LogP contribution is -2.14. The summed E-state index contributed by atoms with van der Waals surface area (Å²) in [6.45, 7) is 3.12. The highest BCUT2D eigenvalue weighted by Gasteiger charge is 2.20. The topological polar surface area (TPSA) is 85.1 Å². The lowest BCUT2D eigenvalue weighted by atomic mass is 10.1. The Morgan fingerprint density at radius 1 is 1.45 bits per heavy atom. The third kappa shape index (κ3) is 2.80. The molecule has 0 aliphatic carbocycles. The third-order valence-electron chi connectivity index (χ3n) is 2.53. The second-order valence-corrected chi connectivity index (χ2v) is 4.99. The van der Waals surface area contributed by atoms with Gasteiger partial charge in [0.05, 0.1) is 16.2 Å². The number of nitrogens with one attached hydrogen (secondary N) is 1. The zero-order valence-electron chi connectivity index (χ0n) is 10.6. The second-order valence-electron chi connectivity index (χ2n) is 4.13. The molecule has 0 bridgehead atoms. The van der Waals surface area contributed by atoms with E-state index in [2.05, 4.69) is 10.3 Å². The van der Waals surface area contributed by atoms with Gasteiger partial charge in [0.1, 0.15) is 5.82 Å². The highest BCUT2D eigenvalue weighted by atomic mass is 32.1. The molecule has 0 unspecified atom stereocenters. The van der Waals surface area contributed by atoms with E-state index in [0.717, 1.165) is 17.8 Å². The van der Waals surface area contributed by atoms with Crippen molar-refractivity contribution in [2.45, 2.75) is 13.8 Å².